The highest BCUT2D eigenvalue weighted by atomic mass is 16.6. The predicted octanol–water partition coefficient (Wildman–Crippen LogP) is 1.55. The van der Waals surface area contributed by atoms with Crippen molar-refractivity contribution in [1.82, 2.24) is 20.1 Å². The van der Waals surface area contributed by atoms with Crippen LogP contribution in [-0.4, -0.2) is 38.0 Å². The van der Waals surface area contributed by atoms with Gasteiger partial charge in [0.1, 0.15) is 0 Å². The van der Waals surface area contributed by atoms with E-state index < -0.39 is 16.7 Å². The largest absolute Gasteiger partial charge is 0.343 e. The predicted molar refractivity (Wildman–Crippen MR) is 97.3 cm³/mol. The molecule has 2 heterocycles. The lowest BCUT2D eigenvalue weighted by molar-refractivity contribution is -0.384. The zero-order chi connectivity index (χ0) is 19.6. The van der Waals surface area contributed by atoms with Crippen molar-refractivity contribution in [3.63, 3.8) is 0 Å². The zero-order valence-corrected chi connectivity index (χ0v) is 14.6. The molecule has 0 fully saturated rings. The van der Waals surface area contributed by atoms with Gasteiger partial charge in [-0.15, -0.1) is 0 Å². The number of carbonyl (C=O) groups excluding carboxylic acids is 2. The Morgan fingerprint density at radius 2 is 2.07 bits per heavy atom. The Labute approximate surface area is 153 Å². The van der Waals surface area contributed by atoms with E-state index in [2.05, 4.69) is 20.7 Å². The fourth-order valence-electron chi connectivity index (χ4n) is 2.60. The molecule has 2 N–H and O–H groups in total. The van der Waals surface area contributed by atoms with Gasteiger partial charge in [0.2, 0.25) is 5.91 Å². The Morgan fingerprint density at radius 1 is 1.30 bits per heavy atom. The van der Waals surface area contributed by atoms with Gasteiger partial charge in [-0.25, -0.2) is 4.98 Å². The Hall–Kier alpha value is -3.82. The summed E-state index contributed by atoms with van der Waals surface area (Å²) in [7, 11) is 1.78. The third kappa shape index (κ3) is 3.89. The van der Waals surface area contributed by atoms with Crippen LogP contribution in [0.1, 0.15) is 16.1 Å². The van der Waals surface area contributed by atoms with Crippen LogP contribution in [0.5, 0.6) is 0 Å². The quantitative estimate of drug-likeness (QED) is 0.519. The number of hydrogen-bond donors (Lipinski definition) is 2. The van der Waals surface area contributed by atoms with Gasteiger partial charge >= 0.3 is 0 Å². The van der Waals surface area contributed by atoms with E-state index in [0.29, 0.717) is 11.3 Å². The molecule has 0 atom stereocenters. The second-order valence-corrected chi connectivity index (χ2v) is 5.84. The van der Waals surface area contributed by atoms with Crippen LogP contribution in [0, 0.1) is 17.0 Å². The minimum Gasteiger partial charge on any atom is -0.343 e. The van der Waals surface area contributed by atoms with E-state index >= 15 is 0 Å². The Kier molecular flexibility index (Phi) is 4.79. The van der Waals surface area contributed by atoms with Crippen LogP contribution in [0.2, 0.25) is 0 Å². The third-order valence-electron chi connectivity index (χ3n) is 3.88. The number of carbonyl (C=O) groups is 2. The zero-order valence-electron chi connectivity index (χ0n) is 14.6. The highest BCUT2D eigenvalue weighted by molar-refractivity contribution is 6.00. The molecular formula is C17H16N6O4. The van der Waals surface area contributed by atoms with E-state index in [-0.39, 0.29) is 17.8 Å². The molecule has 0 bridgehead atoms. The summed E-state index contributed by atoms with van der Waals surface area (Å²) in [5.74, 6) is -1.03. The van der Waals surface area contributed by atoms with Crippen molar-refractivity contribution in [3.05, 3.63) is 57.9 Å². The smallest absolute Gasteiger partial charge is 0.270 e. The lowest BCUT2D eigenvalue weighted by atomic mass is 10.2. The van der Waals surface area contributed by atoms with Crippen molar-refractivity contribution in [2.24, 2.45) is 7.05 Å². The van der Waals surface area contributed by atoms with Crippen molar-refractivity contribution in [3.8, 4) is 0 Å². The van der Waals surface area contributed by atoms with Gasteiger partial charge in [-0.1, -0.05) is 6.07 Å². The van der Waals surface area contributed by atoms with E-state index in [1.54, 1.807) is 17.8 Å². The average molecular weight is 368 g/mol. The maximum atomic E-state index is 12.1. The summed E-state index contributed by atoms with van der Waals surface area (Å²) in [4.78, 5) is 38.6. The first-order chi connectivity index (χ1) is 12.8. The van der Waals surface area contributed by atoms with Crippen LogP contribution >= 0.6 is 0 Å². The Balaban J connectivity index is 1.63. The Bertz CT molecular complexity index is 1060. The molecule has 10 nitrogen and oxygen atoms in total. The molecule has 0 aliphatic rings. The standard InChI is InChI=1S/C17H16N6O4/c1-10-14-7-12(8-18-16(14)22(2)21-10)20-15(24)9-19-17(25)11-4-3-5-13(6-11)23(26)27/h3-8H,9H2,1-2H3,(H,19,25)(H,20,24). The molecule has 2 amide bonds. The van der Waals surface area contributed by atoms with Crippen molar-refractivity contribution >= 4 is 34.2 Å². The molecule has 0 saturated carbocycles. The fraction of sp³-hybridized carbons (Fsp3) is 0.176. The van der Waals surface area contributed by atoms with Crippen molar-refractivity contribution < 1.29 is 14.5 Å². The number of nitrogens with one attached hydrogen (secondary N) is 2. The number of non-ortho nitro benzene ring substituents is 1. The summed E-state index contributed by atoms with van der Waals surface area (Å²) < 4.78 is 1.65. The van der Waals surface area contributed by atoms with E-state index in [0.717, 1.165) is 17.1 Å². The molecule has 3 rings (SSSR count). The van der Waals surface area contributed by atoms with Gasteiger partial charge in [0.25, 0.3) is 11.6 Å². The number of nitro benzene ring substituents is 1. The molecule has 27 heavy (non-hydrogen) atoms. The van der Waals surface area contributed by atoms with Crippen molar-refractivity contribution in [2.75, 3.05) is 11.9 Å². The second-order valence-electron chi connectivity index (χ2n) is 5.84. The van der Waals surface area contributed by atoms with Crippen LogP contribution in [0.4, 0.5) is 11.4 Å². The molecule has 0 radical (unpaired) electrons. The highest BCUT2D eigenvalue weighted by Gasteiger charge is 2.13. The summed E-state index contributed by atoms with van der Waals surface area (Å²) in [5, 5.41) is 20.9. The molecule has 0 unspecified atom stereocenters. The van der Waals surface area contributed by atoms with Crippen LogP contribution < -0.4 is 10.6 Å². The first kappa shape index (κ1) is 18.0. The fourth-order valence-corrected chi connectivity index (χ4v) is 2.60. The van der Waals surface area contributed by atoms with E-state index in [9.17, 15) is 19.7 Å². The normalized spacial score (nSPS) is 10.6. The summed E-state index contributed by atoms with van der Waals surface area (Å²) in [5.41, 5.74) is 1.87. The first-order valence-electron chi connectivity index (χ1n) is 7.97. The number of nitrogens with zero attached hydrogens (tertiary/aromatic N) is 4. The lowest BCUT2D eigenvalue weighted by Crippen LogP contribution is -2.32. The Morgan fingerprint density at radius 3 is 2.81 bits per heavy atom. The van der Waals surface area contributed by atoms with Gasteiger partial charge in [-0.05, 0) is 19.1 Å². The number of rotatable bonds is 5. The summed E-state index contributed by atoms with van der Waals surface area (Å²) in [6.45, 7) is 1.56. The average Bonchev–Trinajstić information content (AvgIpc) is 2.93. The van der Waals surface area contributed by atoms with Crippen molar-refractivity contribution in [2.45, 2.75) is 6.92 Å². The highest BCUT2D eigenvalue weighted by Crippen LogP contribution is 2.19. The minimum absolute atomic E-state index is 0.103. The van der Waals surface area contributed by atoms with Crippen LogP contribution in [0.15, 0.2) is 36.5 Å². The topological polar surface area (TPSA) is 132 Å². The summed E-state index contributed by atoms with van der Waals surface area (Å²) >= 11 is 0. The molecule has 0 aliphatic carbocycles. The maximum Gasteiger partial charge on any atom is 0.270 e. The monoisotopic (exact) mass is 368 g/mol. The van der Waals surface area contributed by atoms with Crippen LogP contribution in [0.25, 0.3) is 11.0 Å². The van der Waals surface area contributed by atoms with E-state index in [1.165, 1.54) is 24.4 Å². The number of pyridine rings is 1. The number of aromatic nitrogens is 3. The molecule has 138 valence electrons. The molecule has 0 aliphatic heterocycles. The second kappa shape index (κ2) is 7.20. The maximum absolute atomic E-state index is 12.1. The number of hydrogen-bond acceptors (Lipinski definition) is 6. The number of benzene rings is 1. The molecule has 0 spiro atoms. The SMILES string of the molecule is Cc1nn(C)c2ncc(NC(=O)CNC(=O)c3cccc([N+](=O)[O-])c3)cc12. The first-order valence-corrected chi connectivity index (χ1v) is 7.97. The van der Waals surface area contributed by atoms with E-state index in [1.807, 2.05) is 6.92 Å². The van der Waals surface area contributed by atoms with Gasteiger partial charge in [-0.3, -0.25) is 24.4 Å². The number of fused-ring (bicyclic) bond motifs is 1. The van der Waals surface area contributed by atoms with Gasteiger partial charge in [0.15, 0.2) is 5.65 Å². The summed E-state index contributed by atoms with van der Waals surface area (Å²) in [6.07, 6.45) is 1.50. The van der Waals surface area contributed by atoms with Crippen LogP contribution in [-0.2, 0) is 11.8 Å². The van der Waals surface area contributed by atoms with Gasteiger partial charge in [-0.2, -0.15) is 5.10 Å². The molecule has 10 heteroatoms. The van der Waals surface area contributed by atoms with Gasteiger partial charge < -0.3 is 10.6 Å². The minimum atomic E-state index is -0.590. The van der Waals surface area contributed by atoms with Crippen LogP contribution in [0.3, 0.4) is 0 Å². The van der Waals surface area contributed by atoms with E-state index in [4.69, 9.17) is 0 Å². The van der Waals surface area contributed by atoms with Gasteiger partial charge in [0, 0.05) is 30.1 Å². The van der Waals surface area contributed by atoms with Crippen molar-refractivity contribution in [1.29, 1.82) is 0 Å². The number of nitro groups is 1. The lowest BCUT2D eigenvalue weighted by Gasteiger charge is -2.07. The van der Waals surface area contributed by atoms with Gasteiger partial charge in [0.05, 0.1) is 29.0 Å². The molecule has 0 saturated heterocycles. The molecule has 1 aromatic carbocycles. The molecule has 2 aromatic heterocycles. The molecular weight excluding hydrogens is 352 g/mol. The number of anilines is 1. The number of aryl methyl sites for hydroxylation is 2. The number of amides is 2. The summed E-state index contributed by atoms with van der Waals surface area (Å²) in [6, 6.07) is 7.03. The third-order valence-corrected chi connectivity index (χ3v) is 3.88. The molecule has 3 aromatic rings.